The molecule has 0 spiro atoms. The van der Waals surface area contributed by atoms with E-state index >= 15 is 0 Å². The maximum absolute atomic E-state index is 14.4. The molecule has 2 bridgehead atoms. The summed E-state index contributed by atoms with van der Waals surface area (Å²) in [4.78, 5) is 38.3. The summed E-state index contributed by atoms with van der Waals surface area (Å²) in [6, 6.07) is 0. The number of carbonyl (C=O) groups is 3. The monoisotopic (exact) mass is 532 g/mol. The lowest BCUT2D eigenvalue weighted by molar-refractivity contribution is -0.193. The van der Waals surface area contributed by atoms with E-state index in [1.54, 1.807) is 26.0 Å². The van der Waals surface area contributed by atoms with Crippen molar-refractivity contribution in [1.29, 1.82) is 0 Å². The second-order valence-electron chi connectivity index (χ2n) is 13.4. The van der Waals surface area contributed by atoms with E-state index in [-0.39, 0.29) is 41.0 Å². The summed E-state index contributed by atoms with van der Waals surface area (Å²) in [5.41, 5.74) is -2.73. The minimum Gasteiger partial charge on any atom is -0.478 e. The number of aliphatic hydroxyl groups excluding tert-OH is 1. The molecule has 210 valence electrons. The lowest BCUT2D eigenvalue weighted by Crippen LogP contribution is -2.59. The number of hydrogen-bond donors (Lipinski definition) is 2. The van der Waals surface area contributed by atoms with Gasteiger partial charge >= 0.3 is 12.1 Å². The number of ether oxygens (including phenoxy) is 2. The number of fused-ring (bicyclic) bond motifs is 3. The van der Waals surface area contributed by atoms with Crippen LogP contribution in [0.1, 0.15) is 79.1 Å². The summed E-state index contributed by atoms with van der Waals surface area (Å²) in [5.74, 6) is -1.46. The summed E-state index contributed by atoms with van der Waals surface area (Å²) in [6.07, 6.45) is 6.87. The van der Waals surface area contributed by atoms with Gasteiger partial charge in [0.25, 0.3) is 0 Å². The lowest BCUT2D eigenvalue weighted by Gasteiger charge is -2.50. The molecular formula is C30H41FO7. The fourth-order valence-corrected chi connectivity index (χ4v) is 9.47. The second kappa shape index (κ2) is 9.46. The third-order valence-electron chi connectivity index (χ3n) is 11.1. The number of halogens is 1. The Kier molecular flexibility index (Phi) is 6.81. The highest BCUT2D eigenvalue weighted by atomic mass is 19.1. The Bertz CT molecular complexity index is 1070. The van der Waals surface area contributed by atoms with Gasteiger partial charge in [0.15, 0.2) is 12.1 Å². The number of carboxylic acid groups (broad SMARTS) is 1. The molecule has 0 aromatic heterocycles. The number of hydrogen-bond acceptors (Lipinski definition) is 6. The largest absolute Gasteiger partial charge is 0.509 e. The number of carbonyl (C=O) groups excluding carboxylic acids is 2. The first kappa shape index (κ1) is 27.4. The Labute approximate surface area is 223 Å². The number of aliphatic carboxylic acids is 1. The molecule has 8 heteroatoms. The number of aliphatic hydroxyl groups is 1. The first-order chi connectivity index (χ1) is 17.8. The van der Waals surface area contributed by atoms with Crippen LogP contribution in [0.3, 0.4) is 0 Å². The molecule has 11 atom stereocenters. The SMILES string of the molecule is C[C@@H]1C[C@@H]([C@@H]2C[C@H](C)C3=CC(=O)C=C[C@]3(C)C2)[C@](C)(CC(O)F)[C@@]1(OC(=O)O[C@@H]1C[C@H]2CC[C@@H]1C2)C(=O)O. The fraction of sp³-hybridized carbons (Fsp3) is 0.767. The lowest BCUT2D eigenvalue weighted by atomic mass is 9.55. The van der Waals surface area contributed by atoms with Crippen molar-refractivity contribution >= 4 is 17.9 Å². The van der Waals surface area contributed by atoms with Gasteiger partial charge in [-0.25, -0.2) is 14.0 Å². The van der Waals surface area contributed by atoms with Crippen LogP contribution in [0.25, 0.3) is 0 Å². The third-order valence-corrected chi connectivity index (χ3v) is 11.1. The first-order valence-corrected chi connectivity index (χ1v) is 14.2. The summed E-state index contributed by atoms with van der Waals surface area (Å²) < 4.78 is 26.0. The molecule has 0 radical (unpaired) electrons. The summed E-state index contributed by atoms with van der Waals surface area (Å²) in [5, 5.41) is 20.6. The molecular weight excluding hydrogens is 491 g/mol. The van der Waals surface area contributed by atoms with Gasteiger partial charge in [0, 0.05) is 23.2 Å². The molecule has 4 saturated carbocycles. The Balaban J connectivity index is 1.46. The van der Waals surface area contributed by atoms with Gasteiger partial charge in [-0.3, -0.25) is 4.79 Å². The molecule has 38 heavy (non-hydrogen) atoms. The van der Waals surface area contributed by atoms with Gasteiger partial charge < -0.3 is 19.7 Å². The Morgan fingerprint density at radius 2 is 1.87 bits per heavy atom. The van der Waals surface area contributed by atoms with E-state index in [2.05, 4.69) is 13.8 Å². The van der Waals surface area contributed by atoms with Crippen LogP contribution in [-0.4, -0.2) is 46.2 Å². The van der Waals surface area contributed by atoms with Crippen molar-refractivity contribution in [1.82, 2.24) is 0 Å². The summed E-state index contributed by atoms with van der Waals surface area (Å²) in [6.45, 7) is 7.54. The molecule has 5 aliphatic rings. The van der Waals surface area contributed by atoms with E-state index in [1.807, 2.05) is 6.08 Å². The van der Waals surface area contributed by atoms with Gasteiger partial charge in [-0.2, -0.15) is 0 Å². The molecule has 0 heterocycles. The molecule has 5 aliphatic carbocycles. The highest BCUT2D eigenvalue weighted by Gasteiger charge is 2.70. The van der Waals surface area contributed by atoms with Crippen molar-refractivity contribution in [2.75, 3.05) is 0 Å². The van der Waals surface area contributed by atoms with Crippen molar-refractivity contribution in [3.05, 3.63) is 23.8 Å². The van der Waals surface area contributed by atoms with Crippen LogP contribution in [0.4, 0.5) is 9.18 Å². The van der Waals surface area contributed by atoms with Crippen LogP contribution in [-0.2, 0) is 19.1 Å². The van der Waals surface area contributed by atoms with Crippen LogP contribution < -0.4 is 0 Å². The molecule has 0 amide bonds. The average Bonchev–Trinajstić information content (AvgIpc) is 3.48. The van der Waals surface area contributed by atoms with Gasteiger partial charge in [0.05, 0.1) is 0 Å². The van der Waals surface area contributed by atoms with Crippen molar-refractivity contribution < 1.29 is 38.5 Å². The number of ketones is 1. The minimum absolute atomic E-state index is 0.0254. The quantitative estimate of drug-likeness (QED) is 0.428. The smallest absolute Gasteiger partial charge is 0.478 e. The van der Waals surface area contributed by atoms with E-state index in [0.717, 1.165) is 31.3 Å². The molecule has 5 rings (SSSR count). The van der Waals surface area contributed by atoms with E-state index in [1.165, 1.54) is 0 Å². The number of allylic oxidation sites excluding steroid dienone is 4. The molecule has 2 N–H and O–H groups in total. The van der Waals surface area contributed by atoms with Crippen LogP contribution in [0.2, 0.25) is 0 Å². The maximum Gasteiger partial charge on any atom is 0.509 e. The maximum atomic E-state index is 14.4. The molecule has 0 aliphatic heterocycles. The molecule has 4 fully saturated rings. The van der Waals surface area contributed by atoms with Crippen LogP contribution >= 0.6 is 0 Å². The molecule has 0 saturated heterocycles. The molecule has 1 unspecified atom stereocenters. The van der Waals surface area contributed by atoms with Gasteiger partial charge in [-0.1, -0.05) is 39.3 Å². The van der Waals surface area contributed by atoms with Crippen molar-refractivity contribution in [3.8, 4) is 0 Å². The van der Waals surface area contributed by atoms with E-state index in [9.17, 15) is 29.0 Å². The molecule has 7 nitrogen and oxygen atoms in total. The van der Waals surface area contributed by atoms with Crippen molar-refractivity contribution in [3.63, 3.8) is 0 Å². The van der Waals surface area contributed by atoms with Gasteiger partial charge in [-0.15, -0.1) is 0 Å². The Morgan fingerprint density at radius 1 is 1.13 bits per heavy atom. The number of alkyl halides is 1. The van der Waals surface area contributed by atoms with Crippen molar-refractivity contribution in [2.45, 2.75) is 97.1 Å². The molecule has 0 aromatic rings. The number of rotatable bonds is 6. The van der Waals surface area contributed by atoms with Crippen LogP contribution in [0.15, 0.2) is 23.8 Å². The predicted octanol–water partition coefficient (Wildman–Crippen LogP) is 5.61. The van der Waals surface area contributed by atoms with Crippen molar-refractivity contribution in [2.24, 2.45) is 46.3 Å². The summed E-state index contributed by atoms with van der Waals surface area (Å²) in [7, 11) is 0. The van der Waals surface area contributed by atoms with E-state index < -0.39 is 41.8 Å². The highest BCUT2D eigenvalue weighted by Crippen LogP contribution is 2.64. The minimum atomic E-state index is -2.27. The Hall–Kier alpha value is -2.22. The molecule has 0 aromatic carbocycles. The van der Waals surface area contributed by atoms with Gasteiger partial charge in [0.2, 0.25) is 5.60 Å². The standard InChI is InChI=1S/C30H41FO7/c1-16-9-20(14-28(3)8-7-21(32)13-22(16)28)23-10-17(2)30(26(34)35,29(23,4)15-25(31)33)38-27(36)37-24-12-18-5-6-19(24)11-18/h7-8,13,16-20,23-25,33H,5-6,9-12,14-15H2,1-4H3,(H,34,35)/t16-,17+,18-,19+,20+,23-,24+,25?,28+,29-,30-/m0/s1. The Morgan fingerprint density at radius 3 is 2.47 bits per heavy atom. The zero-order valence-electron chi connectivity index (χ0n) is 22.8. The first-order valence-electron chi connectivity index (χ1n) is 14.2. The van der Waals surface area contributed by atoms with Crippen LogP contribution in [0, 0.1) is 46.3 Å². The normalized spacial score (nSPS) is 46.4. The average molecular weight is 533 g/mol. The highest BCUT2D eigenvalue weighted by molar-refractivity contribution is 6.01. The fourth-order valence-electron chi connectivity index (χ4n) is 9.47. The van der Waals surface area contributed by atoms with Crippen LogP contribution in [0.5, 0.6) is 0 Å². The van der Waals surface area contributed by atoms with Gasteiger partial charge in [0.1, 0.15) is 6.10 Å². The number of carboxylic acids is 1. The second-order valence-corrected chi connectivity index (χ2v) is 13.4. The summed E-state index contributed by atoms with van der Waals surface area (Å²) >= 11 is 0. The van der Waals surface area contributed by atoms with Gasteiger partial charge in [-0.05, 0) is 86.7 Å². The zero-order chi connectivity index (χ0) is 27.6. The topological polar surface area (TPSA) is 110 Å². The third kappa shape index (κ3) is 4.22. The van der Waals surface area contributed by atoms with E-state index in [0.29, 0.717) is 25.2 Å². The predicted molar refractivity (Wildman–Crippen MR) is 137 cm³/mol. The van der Waals surface area contributed by atoms with E-state index in [4.69, 9.17) is 9.47 Å². The zero-order valence-corrected chi connectivity index (χ0v) is 22.8.